The highest BCUT2D eigenvalue weighted by Crippen LogP contribution is 2.30. The van der Waals surface area contributed by atoms with Gasteiger partial charge in [0.25, 0.3) is 0 Å². The number of aryl methyl sites for hydroxylation is 1. The third kappa shape index (κ3) is 3.80. The van der Waals surface area contributed by atoms with E-state index < -0.39 is 0 Å². The minimum atomic E-state index is 0.0523. The highest BCUT2D eigenvalue weighted by Gasteiger charge is 2.15. The molecule has 0 saturated carbocycles. The van der Waals surface area contributed by atoms with Crippen LogP contribution in [-0.4, -0.2) is 0 Å². The molecule has 0 amide bonds. The van der Waals surface area contributed by atoms with Crippen LogP contribution in [0, 0.1) is 0 Å². The molecule has 1 aromatic carbocycles. The topological polar surface area (TPSA) is 38.0 Å². The second-order valence-electron chi connectivity index (χ2n) is 4.31. The summed E-state index contributed by atoms with van der Waals surface area (Å²) < 4.78 is 1.02. The molecule has 0 saturated heterocycles. The van der Waals surface area contributed by atoms with E-state index in [0.29, 0.717) is 0 Å². The molecule has 0 aliphatic carbocycles. The Morgan fingerprint density at radius 1 is 1.32 bits per heavy atom. The van der Waals surface area contributed by atoms with Gasteiger partial charge in [0, 0.05) is 25.7 Å². The first-order valence-corrected chi connectivity index (χ1v) is 8.11. The first-order chi connectivity index (χ1) is 9.13. The van der Waals surface area contributed by atoms with Crippen LogP contribution < -0.4 is 11.3 Å². The summed E-state index contributed by atoms with van der Waals surface area (Å²) in [5.41, 5.74) is 3.96. The standard InChI is InChI=1S/C14H16BrClN2S/c1-2-10-4-5-11(19-10)8-14(18-17)12-7-9(16)3-6-13(12)15/h3-7,14,18H,2,8,17H2,1H3. The van der Waals surface area contributed by atoms with E-state index in [0.717, 1.165) is 27.9 Å². The Kier molecular flexibility index (Phi) is 5.42. The number of hydrogen-bond acceptors (Lipinski definition) is 3. The molecule has 0 radical (unpaired) electrons. The highest BCUT2D eigenvalue weighted by molar-refractivity contribution is 9.10. The lowest BCUT2D eigenvalue weighted by molar-refractivity contribution is 0.553. The quantitative estimate of drug-likeness (QED) is 0.610. The van der Waals surface area contributed by atoms with Crippen LogP contribution in [0.4, 0.5) is 0 Å². The molecule has 5 heteroatoms. The lowest BCUT2D eigenvalue weighted by Crippen LogP contribution is -2.29. The Bertz CT molecular complexity index is 556. The number of thiophene rings is 1. The average molecular weight is 360 g/mol. The number of hydrazine groups is 1. The Balaban J connectivity index is 2.22. The van der Waals surface area contributed by atoms with Crippen molar-refractivity contribution >= 4 is 38.9 Å². The van der Waals surface area contributed by atoms with Gasteiger partial charge in [-0.1, -0.05) is 34.5 Å². The predicted molar refractivity (Wildman–Crippen MR) is 86.6 cm³/mol. The van der Waals surface area contributed by atoms with Crippen LogP contribution in [0.1, 0.15) is 28.3 Å². The number of nitrogens with one attached hydrogen (secondary N) is 1. The summed E-state index contributed by atoms with van der Waals surface area (Å²) in [4.78, 5) is 2.72. The maximum absolute atomic E-state index is 6.06. The number of halogens is 2. The van der Waals surface area contributed by atoms with Crippen LogP contribution in [0.2, 0.25) is 5.02 Å². The molecule has 1 heterocycles. The van der Waals surface area contributed by atoms with Gasteiger partial charge in [-0.3, -0.25) is 11.3 Å². The molecule has 2 aromatic rings. The van der Waals surface area contributed by atoms with Crippen molar-refractivity contribution in [2.75, 3.05) is 0 Å². The summed E-state index contributed by atoms with van der Waals surface area (Å²) in [7, 11) is 0. The van der Waals surface area contributed by atoms with Gasteiger partial charge in [-0.25, -0.2) is 0 Å². The van der Waals surface area contributed by atoms with E-state index in [9.17, 15) is 0 Å². The first-order valence-electron chi connectivity index (χ1n) is 6.12. The van der Waals surface area contributed by atoms with Gasteiger partial charge >= 0.3 is 0 Å². The van der Waals surface area contributed by atoms with Gasteiger partial charge < -0.3 is 0 Å². The fourth-order valence-corrected chi connectivity index (χ4v) is 3.67. The number of rotatable bonds is 5. The molecule has 1 unspecified atom stereocenters. The predicted octanol–water partition coefficient (Wildman–Crippen LogP) is 4.47. The Morgan fingerprint density at radius 2 is 2.05 bits per heavy atom. The zero-order chi connectivity index (χ0) is 13.8. The fraction of sp³-hybridized carbons (Fsp3) is 0.286. The largest absolute Gasteiger partial charge is 0.271 e. The molecule has 0 spiro atoms. The minimum absolute atomic E-state index is 0.0523. The molecule has 3 N–H and O–H groups in total. The maximum atomic E-state index is 6.06. The second kappa shape index (κ2) is 6.86. The third-order valence-electron chi connectivity index (χ3n) is 3.01. The monoisotopic (exact) mass is 358 g/mol. The van der Waals surface area contributed by atoms with E-state index in [2.05, 4.69) is 40.4 Å². The van der Waals surface area contributed by atoms with E-state index in [1.54, 1.807) is 0 Å². The number of nitrogens with two attached hydrogens (primary N) is 1. The van der Waals surface area contributed by atoms with Crippen LogP contribution in [-0.2, 0) is 12.8 Å². The highest BCUT2D eigenvalue weighted by atomic mass is 79.9. The normalized spacial score (nSPS) is 12.6. The Morgan fingerprint density at radius 3 is 2.68 bits per heavy atom. The van der Waals surface area contributed by atoms with Gasteiger partial charge in [-0.15, -0.1) is 11.3 Å². The molecule has 1 aromatic heterocycles. The summed E-state index contributed by atoms with van der Waals surface area (Å²) in [6.07, 6.45) is 1.94. The molecule has 19 heavy (non-hydrogen) atoms. The SMILES string of the molecule is CCc1ccc(CC(NN)c2cc(Cl)ccc2Br)s1. The summed E-state index contributed by atoms with van der Waals surface area (Å²) in [5, 5.41) is 0.721. The number of benzene rings is 1. The van der Waals surface area contributed by atoms with E-state index in [1.807, 2.05) is 29.5 Å². The zero-order valence-corrected chi connectivity index (χ0v) is 13.8. The van der Waals surface area contributed by atoms with Crippen molar-refractivity contribution in [1.82, 2.24) is 5.43 Å². The Labute approximate surface area is 131 Å². The van der Waals surface area contributed by atoms with Gasteiger partial charge in [0.15, 0.2) is 0 Å². The van der Waals surface area contributed by atoms with Crippen molar-refractivity contribution in [2.24, 2.45) is 5.84 Å². The lowest BCUT2D eigenvalue weighted by atomic mass is 10.0. The molecule has 2 nitrogen and oxygen atoms in total. The molecule has 2 rings (SSSR count). The van der Waals surface area contributed by atoms with E-state index >= 15 is 0 Å². The van der Waals surface area contributed by atoms with Crippen molar-refractivity contribution in [2.45, 2.75) is 25.8 Å². The molecule has 0 bridgehead atoms. The van der Waals surface area contributed by atoms with E-state index in [4.69, 9.17) is 17.4 Å². The Hall–Kier alpha value is -0.390. The molecule has 0 aliphatic rings. The number of hydrogen-bond donors (Lipinski definition) is 2. The molecule has 0 aliphatic heterocycles. The fourth-order valence-electron chi connectivity index (χ4n) is 1.96. The summed E-state index contributed by atoms with van der Waals surface area (Å²) in [6.45, 7) is 2.17. The van der Waals surface area contributed by atoms with Gasteiger partial charge in [-0.2, -0.15) is 0 Å². The van der Waals surface area contributed by atoms with Crippen LogP contribution in [0.15, 0.2) is 34.8 Å². The van der Waals surface area contributed by atoms with Gasteiger partial charge in [0.05, 0.1) is 6.04 Å². The van der Waals surface area contributed by atoms with Crippen LogP contribution in [0.3, 0.4) is 0 Å². The van der Waals surface area contributed by atoms with Crippen molar-refractivity contribution in [3.63, 3.8) is 0 Å². The van der Waals surface area contributed by atoms with Crippen molar-refractivity contribution in [1.29, 1.82) is 0 Å². The van der Waals surface area contributed by atoms with Gasteiger partial charge in [0.1, 0.15) is 0 Å². The maximum Gasteiger partial charge on any atom is 0.0519 e. The van der Waals surface area contributed by atoms with Gasteiger partial charge in [-0.05, 0) is 42.3 Å². The molecular formula is C14H16BrClN2S. The van der Waals surface area contributed by atoms with Crippen molar-refractivity contribution in [3.8, 4) is 0 Å². The molecule has 102 valence electrons. The minimum Gasteiger partial charge on any atom is -0.271 e. The van der Waals surface area contributed by atoms with E-state index in [1.165, 1.54) is 9.75 Å². The van der Waals surface area contributed by atoms with Crippen LogP contribution in [0.25, 0.3) is 0 Å². The smallest absolute Gasteiger partial charge is 0.0519 e. The molecular weight excluding hydrogens is 344 g/mol. The van der Waals surface area contributed by atoms with Crippen LogP contribution in [0.5, 0.6) is 0 Å². The summed E-state index contributed by atoms with van der Waals surface area (Å²) in [6, 6.07) is 10.2. The average Bonchev–Trinajstić information content (AvgIpc) is 2.87. The lowest BCUT2D eigenvalue weighted by Gasteiger charge is -2.17. The summed E-state index contributed by atoms with van der Waals surface area (Å²) >= 11 is 11.5. The molecule has 0 fully saturated rings. The second-order valence-corrected chi connectivity index (χ2v) is 6.85. The van der Waals surface area contributed by atoms with Crippen molar-refractivity contribution in [3.05, 3.63) is 55.1 Å². The van der Waals surface area contributed by atoms with Crippen LogP contribution >= 0.6 is 38.9 Å². The third-order valence-corrected chi connectivity index (χ3v) is 5.21. The first kappa shape index (κ1) is 15.0. The van der Waals surface area contributed by atoms with Gasteiger partial charge in [0.2, 0.25) is 0 Å². The van der Waals surface area contributed by atoms with E-state index in [-0.39, 0.29) is 6.04 Å². The van der Waals surface area contributed by atoms with Crippen molar-refractivity contribution < 1.29 is 0 Å². The summed E-state index contributed by atoms with van der Waals surface area (Å²) in [5.74, 6) is 5.70. The molecule has 1 atom stereocenters. The zero-order valence-electron chi connectivity index (χ0n) is 10.6.